The van der Waals surface area contributed by atoms with Gasteiger partial charge >= 0.3 is 5.63 Å². The minimum atomic E-state index is -1.07. The summed E-state index contributed by atoms with van der Waals surface area (Å²) in [6, 6.07) is 0. The largest absolute Gasteiger partial charge is 0.409 e. The maximum atomic E-state index is 11.0. The first-order chi connectivity index (χ1) is 5.79. The lowest BCUT2D eigenvalue weighted by atomic mass is 10.4. The summed E-state index contributed by atoms with van der Waals surface area (Å²) in [6.07, 6.45) is 0. The molecular weight excluding hydrogens is 166 g/mol. The standard InChI is InChI=1S/C4H3N5O3/c10-2-1-3(6-8-5-1)7-9-12-4(2)11/h5-6,8H. The van der Waals surface area contributed by atoms with Crippen molar-refractivity contribution >= 4 is 11.5 Å². The molecule has 0 fully saturated rings. The van der Waals surface area contributed by atoms with Crippen molar-refractivity contribution in [2.75, 3.05) is 10.9 Å². The molecule has 0 saturated heterocycles. The Hall–Kier alpha value is -1.96. The Bertz CT molecular complexity index is 426. The Morgan fingerprint density at radius 1 is 1.25 bits per heavy atom. The third kappa shape index (κ3) is 0.820. The van der Waals surface area contributed by atoms with E-state index in [9.17, 15) is 9.59 Å². The lowest BCUT2D eigenvalue weighted by Crippen LogP contribution is -2.26. The van der Waals surface area contributed by atoms with Crippen LogP contribution >= 0.6 is 0 Å². The van der Waals surface area contributed by atoms with Gasteiger partial charge in [0.15, 0.2) is 11.5 Å². The van der Waals surface area contributed by atoms with Crippen LogP contribution in [0.15, 0.2) is 14.1 Å². The van der Waals surface area contributed by atoms with Crippen LogP contribution in [-0.4, -0.2) is 10.4 Å². The Balaban J connectivity index is 2.88. The zero-order valence-corrected chi connectivity index (χ0v) is 5.62. The molecule has 1 aromatic heterocycles. The van der Waals surface area contributed by atoms with E-state index in [0.29, 0.717) is 0 Å². The average Bonchev–Trinajstić information content (AvgIpc) is 2.46. The molecule has 8 nitrogen and oxygen atoms in total. The molecule has 1 aliphatic rings. The van der Waals surface area contributed by atoms with Gasteiger partial charge in [0.05, 0.1) is 0 Å². The van der Waals surface area contributed by atoms with Crippen LogP contribution in [0.5, 0.6) is 0 Å². The van der Waals surface area contributed by atoms with Crippen LogP contribution in [0.2, 0.25) is 0 Å². The van der Waals surface area contributed by atoms with Gasteiger partial charge < -0.3 is 0 Å². The highest BCUT2D eigenvalue weighted by molar-refractivity contribution is 5.64. The molecule has 1 aliphatic heterocycles. The first kappa shape index (κ1) is 6.73. The molecule has 0 saturated carbocycles. The third-order valence-electron chi connectivity index (χ3n) is 1.28. The minimum Gasteiger partial charge on any atom is -0.297 e. The maximum absolute atomic E-state index is 11.0. The van der Waals surface area contributed by atoms with Crippen molar-refractivity contribution in [1.82, 2.24) is 15.9 Å². The summed E-state index contributed by atoms with van der Waals surface area (Å²) in [6.45, 7) is 0. The van der Waals surface area contributed by atoms with Gasteiger partial charge in [0.25, 0.3) is 5.43 Å². The van der Waals surface area contributed by atoms with Gasteiger partial charge in [-0.25, -0.2) is 4.79 Å². The molecule has 0 unspecified atom stereocenters. The van der Waals surface area contributed by atoms with Crippen LogP contribution in [0.3, 0.4) is 0 Å². The Morgan fingerprint density at radius 3 is 2.92 bits per heavy atom. The number of fused-ring (bicyclic) bond motifs is 1. The molecule has 0 bridgehead atoms. The zero-order valence-electron chi connectivity index (χ0n) is 5.62. The fourth-order valence-electron chi connectivity index (χ4n) is 0.756. The second-order valence-corrected chi connectivity index (χ2v) is 1.99. The fourth-order valence-corrected chi connectivity index (χ4v) is 0.756. The molecule has 0 aromatic carbocycles. The number of hydrogen-bond acceptors (Lipinski definition) is 8. The predicted molar refractivity (Wildman–Crippen MR) is 37.2 cm³/mol. The smallest absolute Gasteiger partial charge is 0.297 e. The predicted octanol–water partition coefficient (Wildman–Crippen LogP) is -1.95. The average molecular weight is 169 g/mol. The van der Waals surface area contributed by atoms with E-state index >= 15 is 0 Å². The minimum absolute atomic E-state index is 0.00116. The van der Waals surface area contributed by atoms with Crippen molar-refractivity contribution in [3.8, 4) is 0 Å². The second-order valence-electron chi connectivity index (χ2n) is 1.99. The normalized spacial score (nSPS) is 13.0. The van der Waals surface area contributed by atoms with Crippen LogP contribution in [0.4, 0.5) is 11.5 Å². The highest BCUT2D eigenvalue weighted by Crippen LogP contribution is 2.11. The van der Waals surface area contributed by atoms with Crippen LogP contribution in [0, 0.1) is 0 Å². The summed E-state index contributed by atoms with van der Waals surface area (Å²) < 4.78 is 4.07. The van der Waals surface area contributed by atoms with Crippen LogP contribution in [0.25, 0.3) is 0 Å². The lowest BCUT2D eigenvalue weighted by Gasteiger charge is -1.88. The molecule has 3 N–H and O–H groups in total. The van der Waals surface area contributed by atoms with Crippen molar-refractivity contribution in [1.29, 1.82) is 0 Å². The summed E-state index contributed by atoms with van der Waals surface area (Å²) in [5.41, 5.74) is 5.34. The number of anilines is 2. The quantitative estimate of drug-likeness (QED) is 0.384. The molecule has 0 amide bonds. The van der Waals surface area contributed by atoms with Gasteiger partial charge in [0.1, 0.15) is 0 Å². The topological polar surface area (TPSA) is 109 Å². The number of aromatic nitrogens is 2. The molecule has 1 aromatic rings. The van der Waals surface area contributed by atoms with E-state index in [0.717, 1.165) is 0 Å². The lowest BCUT2D eigenvalue weighted by molar-refractivity contribution is 0.341. The molecule has 2 rings (SSSR count). The van der Waals surface area contributed by atoms with Crippen molar-refractivity contribution < 1.29 is 4.52 Å². The zero-order chi connectivity index (χ0) is 8.55. The molecular formula is C4H3N5O3. The molecule has 0 atom stereocenters. The first-order valence-corrected chi connectivity index (χ1v) is 2.97. The van der Waals surface area contributed by atoms with Crippen molar-refractivity contribution in [2.24, 2.45) is 0 Å². The number of nitrogens with zero attached hydrogens (tertiary/aromatic N) is 2. The molecule has 62 valence electrons. The summed E-state index contributed by atoms with van der Waals surface area (Å²) in [5.74, 6) is 0.130. The van der Waals surface area contributed by atoms with Gasteiger partial charge in [-0.15, -0.1) is 5.53 Å². The van der Waals surface area contributed by atoms with Gasteiger partial charge in [0, 0.05) is 5.27 Å². The molecule has 0 spiro atoms. The van der Waals surface area contributed by atoms with Gasteiger partial charge in [-0.3, -0.25) is 20.2 Å². The molecule has 2 heterocycles. The van der Waals surface area contributed by atoms with Crippen LogP contribution < -0.4 is 27.4 Å². The number of nitrogens with one attached hydrogen (secondary N) is 3. The number of rotatable bonds is 0. The number of hydrogen-bond donors (Lipinski definition) is 3. The monoisotopic (exact) mass is 169 g/mol. The third-order valence-corrected chi connectivity index (χ3v) is 1.28. The van der Waals surface area contributed by atoms with Crippen molar-refractivity contribution in [3.05, 3.63) is 20.6 Å². The second kappa shape index (κ2) is 2.27. The van der Waals surface area contributed by atoms with E-state index < -0.39 is 11.1 Å². The summed E-state index contributed by atoms with van der Waals surface area (Å²) >= 11 is 0. The molecule has 0 aliphatic carbocycles. The van der Waals surface area contributed by atoms with E-state index in [2.05, 4.69) is 31.3 Å². The number of hydrazine groups is 2. The van der Waals surface area contributed by atoms with Gasteiger partial charge in [-0.05, 0) is 0 Å². The molecule has 0 radical (unpaired) electrons. The SMILES string of the molecule is O=c1onnc2c(c1=O)NNN2. The van der Waals surface area contributed by atoms with Crippen molar-refractivity contribution in [2.45, 2.75) is 0 Å². The van der Waals surface area contributed by atoms with E-state index in [1.165, 1.54) is 0 Å². The van der Waals surface area contributed by atoms with Gasteiger partial charge in [-0.1, -0.05) is 5.10 Å². The fraction of sp³-hybridized carbons (Fsp3) is 0. The molecule has 12 heavy (non-hydrogen) atoms. The van der Waals surface area contributed by atoms with E-state index in [4.69, 9.17) is 0 Å². The first-order valence-electron chi connectivity index (χ1n) is 2.97. The van der Waals surface area contributed by atoms with Crippen LogP contribution in [0.1, 0.15) is 0 Å². The maximum Gasteiger partial charge on any atom is 0.409 e. The Kier molecular flexibility index (Phi) is 1.27. The summed E-state index contributed by atoms with van der Waals surface area (Å²) in [4.78, 5) is 21.7. The Labute approximate surface area is 64.5 Å². The Morgan fingerprint density at radius 2 is 2.08 bits per heavy atom. The highest BCUT2D eigenvalue weighted by Gasteiger charge is 2.15. The van der Waals surface area contributed by atoms with E-state index in [-0.39, 0.29) is 11.5 Å². The van der Waals surface area contributed by atoms with E-state index in [1.807, 2.05) is 0 Å². The van der Waals surface area contributed by atoms with Gasteiger partial charge in [0.2, 0.25) is 0 Å². The van der Waals surface area contributed by atoms with E-state index in [1.54, 1.807) is 0 Å². The van der Waals surface area contributed by atoms with Crippen LogP contribution in [-0.2, 0) is 0 Å². The van der Waals surface area contributed by atoms with Crippen molar-refractivity contribution in [3.63, 3.8) is 0 Å². The molecule has 8 heteroatoms. The highest BCUT2D eigenvalue weighted by atomic mass is 16.5. The summed E-state index contributed by atoms with van der Waals surface area (Å²) in [7, 11) is 0. The van der Waals surface area contributed by atoms with Gasteiger partial charge in [-0.2, -0.15) is 0 Å². The summed E-state index contributed by atoms with van der Waals surface area (Å²) in [5, 5.41) is 6.39.